The van der Waals surface area contributed by atoms with E-state index in [2.05, 4.69) is 24.1 Å². The minimum atomic E-state index is 0.643. The average molecular weight is 250 g/mol. The van der Waals surface area contributed by atoms with Crippen molar-refractivity contribution in [3.05, 3.63) is 0 Å². The Hall–Kier alpha value is -0.0800. The molecule has 104 valence electrons. The third-order valence-corrected chi connectivity index (χ3v) is 5.11. The summed E-state index contributed by atoms with van der Waals surface area (Å²) in [7, 11) is 0. The van der Waals surface area contributed by atoms with Gasteiger partial charge in [0.1, 0.15) is 0 Å². The Labute approximate surface area is 113 Å². The summed E-state index contributed by atoms with van der Waals surface area (Å²) in [5.41, 5.74) is 0. The maximum absolute atomic E-state index is 3.60. The van der Waals surface area contributed by atoms with E-state index in [0.717, 1.165) is 23.7 Å². The molecule has 2 heteroatoms. The molecular formula is C16H30N2. The lowest BCUT2D eigenvalue weighted by Gasteiger charge is -2.24. The van der Waals surface area contributed by atoms with Gasteiger partial charge in [0.15, 0.2) is 0 Å². The topological polar surface area (TPSA) is 15.3 Å². The predicted octanol–water partition coefficient (Wildman–Crippen LogP) is 2.74. The summed E-state index contributed by atoms with van der Waals surface area (Å²) in [4.78, 5) is 2.77. The molecule has 2 nitrogen and oxygen atoms in total. The molecule has 1 aliphatic heterocycles. The van der Waals surface area contributed by atoms with E-state index >= 15 is 0 Å². The van der Waals surface area contributed by atoms with E-state index in [-0.39, 0.29) is 0 Å². The lowest BCUT2D eigenvalue weighted by atomic mass is 9.97. The number of nitrogens with one attached hydrogen (secondary N) is 1. The molecule has 1 saturated heterocycles. The van der Waals surface area contributed by atoms with Crippen LogP contribution in [0, 0.1) is 23.7 Å². The SMILES string of the molecule is CC(C)NCC1CCN(CC(C2CC2)C2CC2)C1. The minimum absolute atomic E-state index is 0.643. The monoisotopic (exact) mass is 250 g/mol. The summed E-state index contributed by atoms with van der Waals surface area (Å²) in [6.07, 6.45) is 7.56. The number of hydrogen-bond donors (Lipinski definition) is 1. The normalized spacial score (nSPS) is 29.7. The van der Waals surface area contributed by atoms with E-state index in [0.29, 0.717) is 6.04 Å². The molecule has 1 unspecified atom stereocenters. The van der Waals surface area contributed by atoms with Crippen molar-refractivity contribution in [3.63, 3.8) is 0 Å². The zero-order chi connectivity index (χ0) is 12.5. The lowest BCUT2D eigenvalue weighted by molar-refractivity contribution is 0.232. The highest BCUT2D eigenvalue weighted by Crippen LogP contribution is 2.49. The van der Waals surface area contributed by atoms with Crippen molar-refractivity contribution >= 4 is 0 Å². The van der Waals surface area contributed by atoms with Gasteiger partial charge in [-0.05, 0) is 68.9 Å². The molecule has 1 heterocycles. The highest BCUT2D eigenvalue weighted by molar-refractivity contribution is 4.94. The molecule has 1 atom stereocenters. The molecule has 2 aliphatic carbocycles. The minimum Gasteiger partial charge on any atom is -0.314 e. The molecule has 0 bridgehead atoms. The van der Waals surface area contributed by atoms with Gasteiger partial charge in [-0.2, -0.15) is 0 Å². The van der Waals surface area contributed by atoms with E-state index in [9.17, 15) is 0 Å². The molecule has 2 saturated carbocycles. The smallest absolute Gasteiger partial charge is 0.00224 e. The summed E-state index contributed by atoms with van der Waals surface area (Å²) in [5, 5.41) is 3.60. The van der Waals surface area contributed by atoms with Crippen molar-refractivity contribution in [1.82, 2.24) is 10.2 Å². The fourth-order valence-electron chi connectivity index (χ4n) is 3.68. The van der Waals surface area contributed by atoms with Gasteiger partial charge in [-0.1, -0.05) is 13.8 Å². The third-order valence-electron chi connectivity index (χ3n) is 5.11. The highest BCUT2D eigenvalue weighted by atomic mass is 15.2. The maximum atomic E-state index is 3.60. The Morgan fingerprint density at radius 1 is 1.06 bits per heavy atom. The molecule has 0 aromatic carbocycles. The van der Waals surface area contributed by atoms with Crippen LogP contribution in [0.5, 0.6) is 0 Å². The Morgan fingerprint density at radius 3 is 2.28 bits per heavy atom. The van der Waals surface area contributed by atoms with Crippen LogP contribution >= 0.6 is 0 Å². The summed E-state index contributed by atoms with van der Waals surface area (Å²) in [6.45, 7) is 9.88. The van der Waals surface area contributed by atoms with Crippen LogP contribution in [0.1, 0.15) is 46.0 Å². The van der Waals surface area contributed by atoms with Gasteiger partial charge < -0.3 is 10.2 Å². The highest BCUT2D eigenvalue weighted by Gasteiger charge is 2.42. The van der Waals surface area contributed by atoms with Gasteiger partial charge in [0.05, 0.1) is 0 Å². The van der Waals surface area contributed by atoms with Crippen molar-refractivity contribution in [2.75, 3.05) is 26.2 Å². The van der Waals surface area contributed by atoms with Crippen LogP contribution in [0.25, 0.3) is 0 Å². The van der Waals surface area contributed by atoms with E-state index in [1.807, 2.05) is 0 Å². The van der Waals surface area contributed by atoms with Crippen molar-refractivity contribution in [1.29, 1.82) is 0 Å². The number of nitrogens with zero attached hydrogens (tertiary/aromatic N) is 1. The zero-order valence-corrected chi connectivity index (χ0v) is 12.2. The second-order valence-electron chi connectivity index (χ2n) is 7.32. The number of likely N-dealkylation sites (tertiary alicyclic amines) is 1. The molecule has 0 aromatic heterocycles. The van der Waals surface area contributed by atoms with E-state index < -0.39 is 0 Å². The standard InChI is InChI=1S/C16H30N2/c1-12(2)17-9-13-7-8-18(10-13)11-16(14-3-4-14)15-5-6-15/h12-17H,3-11H2,1-2H3. The Kier molecular flexibility index (Phi) is 3.95. The van der Waals surface area contributed by atoms with Crippen LogP contribution < -0.4 is 5.32 Å². The maximum Gasteiger partial charge on any atom is 0.00224 e. The van der Waals surface area contributed by atoms with Gasteiger partial charge >= 0.3 is 0 Å². The summed E-state index contributed by atoms with van der Waals surface area (Å²) in [6, 6.07) is 0.643. The fraction of sp³-hybridized carbons (Fsp3) is 1.00. The molecular weight excluding hydrogens is 220 g/mol. The van der Waals surface area contributed by atoms with Gasteiger partial charge in [0, 0.05) is 19.1 Å². The second kappa shape index (κ2) is 5.50. The first-order valence-electron chi connectivity index (χ1n) is 8.18. The Balaban J connectivity index is 1.41. The average Bonchev–Trinajstić information content (AvgIpc) is 3.23. The van der Waals surface area contributed by atoms with E-state index in [1.165, 1.54) is 58.3 Å². The second-order valence-corrected chi connectivity index (χ2v) is 7.32. The Bertz CT molecular complexity index is 256. The van der Waals surface area contributed by atoms with Crippen LogP contribution in [0.4, 0.5) is 0 Å². The zero-order valence-electron chi connectivity index (χ0n) is 12.2. The molecule has 0 amide bonds. The number of hydrogen-bond acceptors (Lipinski definition) is 2. The predicted molar refractivity (Wildman–Crippen MR) is 76.6 cm³/mol. The van der Waals surface area contributed by atoms with Crippen LogP contribution in [-0.2, 0) is 0 Å². The first-order valence-corrected chi connectivity index (χ1v) is 8.18. The summed E-state index contributed by atoms with van der Waals surface area (Å²) in [5.74, 6) is 4.21. The quantitative estimate of drug-likeness (QED) is 0.747. The van der Waals surface area contributed by atoms with Crippen LogP contribution in [-0.4, -0.2) is 37.1 Å². The fourth-order valence-corrected chi connectivity index (χ4v) is 3.68. The molecule has 3 rings (SSSR count). The molecule has 18 heavy (non-hydrogen) atoms. The largest absolute Gasteiger partial charge is 0.314 e. The number of rotatable bonds is 7. The van der Waals surface area contributed by atoms with Crippen molar-refractivity contribution in [2.24, 2.45) is 23.7 Å². The van der Waals surface area contributed by atoms with Gasteiger partial charge in [-0.15, -0.1) is 0 Å². The van der Waals surface area contributed by atoms with Crippen molar-refractivity contribution < 1.29 is 0 Å². The summed E-state index contributed by atoms with van der Waals surface area (Å²) < 4.78 is 0. The lowest BCUT2D eigenvalue weighted by Crippen LogP contribution is -2.33. The third kappa shape index (κ3) is 3.48. The van der Waals surface area contributed by atoms with Crippen LogP contribution in [0.3, 0.4) is 0 Å². The molecule has 3 fully saturated rings. The van der Waals surface area contributed by atoms with E-state index in [1.54, 1.807) is 0 Å². The molecule has 0 radical (unpaired) electrons. The van der Waals surface area contributed by atoms with Crippen molar-refractivity contribution in [3.8, 4) is 0 Å². The molecule has 1 N–H and O–H groups in total. The Morgan fingerprint density at radius 2 is 1.72 bits per heavy atom. The van der Waals surface area contributed by atoms with Gasteiger partial charge in [-0.25, -0.2) is 0 Å². The molecule has 0 aromatic rings. The first kappa shape index (κ1) is 12.9. The first-order chi connectivity index (χ1) is 8.72. The van der Waals surface area contributed by atoms with Gasteiger partial charge in [-0.3, -0.25) is 0 Å². The van der Waals surface area contributed by atoms with Gasteiger partial charge in [0.25, 0.3) is 0 Å². The summed E-state index contributed by atoms with van der Waals surface area (Å²) >= 11 is 0. The van der Waals surface area contributed by atoms with Crippen molar-refractivity contribution in [2.45, 2.75) is 52.0 Å². The van der Waals surface area contributed by atoms with Crippen LogP contribution in [0.15, 0.2) is 0 Å². The van der Waals surface area contributed by atoms with Gasteiger partial charge in [0.2, 0.25) is 0 Å². The van der Waals surface area contributed by atoms with Crippen LogP contribution in [0.2, 0.25) is 0 Å². The van der Waals surface area contributed by atoms with E-state index in [4.69, 9.17) is 0 Å². The molecule has 3 aliphatic rings. The molecule has 0 spiro atoms.